The third-order valence-corrected chi connectivity index (χ3v) is 5.62. The van der Waals surface area contributed by atoms with Crippen molar-refractivity contribution in [2.24, 2.45) is 5.41 Å². The molecule has 0 saturated carbocycles. The number of nitrogens with zero attached hydrogens (tertiary/aromatic N) is 4. The first-order valence-corrected chi connectivity index (χ1v) is 9.59. The predicted molar refractivity (Wildman–Crippen MR) is 103 cm³/mol. The number of aromatic nitrogens is 4. The van der Waals surface area contributed by atoms with Crippen LogP contribution in [0.1, 0.15) is 61.8 Å². The molecule has 2 aromatic rings. The van der Waals surface area contributed by atoms with E-state index in [9.17, 15) is 15.1 Å². The van der Waals surface area contributed by atoms with Crippen molar-refractivity contribution in [3.8, 4) is 5.82 Å². The number of rotatable bonds is 4. The van der Waals surface area contributed by atoms with Crippen LogP contribution < -0.4 is 10.0 Å². The van der Waals surface area contributed by atoms with Gasteiger partial charge >= 0.3 is 0 Å². The molecule has 1 atom stereocenters. The lowest BCUT2D eigenvalue weighted by atomic mass is 9.87. The first-order chi connectivity index (χ1) is 13.3. The van der Waals surface area contributed by atoms with Crippen molar-refractivity contribution in [2.45, 2.75) is 52.5 Å². The zero-order valence-electron chi connectivity index (χ0n) is 16.4. The van der Waals surface area contributed by atoms with Gasteiger partial charge in [0.2, 0.25) is 12.0 Å². The Labute approximate surface area is 163 Å². The number of aliphatic hydroxyl groups excluding tert-OH is 1. The fraction of sp³-hybridized carbons (Fsp3) is 0.500. The van der Waals surface area contributed by atoms with E-state index in [-0.39, 0.29) is 24.0 Å². The lowest BCUT2D eigenvalue weighted by molar-refractivity contribution is -0.605. The Hall–Kier alpha value is -2.74. The van der Waals surface area contributed by atoms with Crippen molar-refractivity contribution < 1.29 is 14.6 Å². The number of nitrogens with one attached hydrogen (secondary N) is 1. The van der Waals surface area contributed by atoms with Crippen molar-refractivity contribution in [1.82, 2.24) is 20.1 Å². The van der Waals surface area contributed by atoms with Gasteiger partial charge in [0.25, 0.3) is 5.91 Å². The number of allylic oxidation sites excluding steroid dienone is 2. The minimum atomic E-state index is -0.388. The van der Waals surface area contributed by atoms with Crippen LogP contribution in [0.3, 0.4) is 0 Å². The molecule has 0 aliphatic heterocycles. The summed E-state index contributed by atoms with van der Waals surface area (Å²) in [6.07, 6.45) is 7.87. The molecular weight excluding hydrogens is 358 g/mol. The van der Waals surface area contributed by atoms with Gasteiger partial charge in [0, 0.05) is 5.56 Å². The van der Waals surface area contributed by atoms with Crippen molar-refractivity contribution >= 4 is 11.5 Å². The number of carbonyl (C=O) groups is 1. The fourth-order valence-electron chi connectivity index (χ4n) is 4.01. The topological polar surface area (TPSA) is 107 Å². The zero-order chi connectivity index (χ0) is 20.1. The quantitative estimate of drug-likeness (QED) is 0.615. The molecule has 2 aromatic heterocycles. The van der Waals surface area contributed by atoms with Gasteiger partial charge < -0.3 is 15.6 Å². The summed E-state index contributed by atoms with van der Waals surface area (Å²) in [4.78, 5) is 17.3. The first kappa shape index (κ1) is 18.6. The van der Waals surface area contributed by atoms with Crippen LogP contribution in [0.25, 0.3) is 11.4 Å². The maximum absolute atomic E-state index is 13.0. The van der Waals surface area contributed by atoms with Crippen LogP contribution >= 0.6 is 0 Å². The van der Waals surface area contributed by atoms with Crippen LogP contribution in [0.5, 0.6) is 0 Å². The second-order valence-corrected chi connectivity index (χ2v) is 8.55. The van der Waals surface area contributed by atoms with Gasteiger partial charge in [-0.1, -0.05) is 26.3 Å². The average molecular weight is 383 g/mol. The molecule has 4 rings (SSSR count). The second kappa shape index (κ2) is 6.70. The normalized spacial score (nSPS) is 16.9. The van der Waals surface area contributed by atoms with E-state index in [4.69, 9.17) is 0 Å². The molecule has 0 fully saturated rings. The molecule has 0 spiro atoms. The standard InChI is InChI=1S/C20H25N5O3/c1-20(2,3)15(11-26)22-19(27)17-14-9-12-5-4-6-13(12)18(14)25(23-17)16-10-24(28)8-7-21-16/h7-8,10,15,26H,4-6,9,11H2,1-3H3,(H,22,27)/t15-/m1/s1. The molecule has 2 N–H and O–H groups in total. The van der Waals surface area contributed by atoms with Crippen molar-refractivity contribution in [1.29, 1.82) is 0 Å². The van der Waals surface area contributed by atoms with Crippen LogP contribution in [0.15, 0.2) is 24.2 Å². The fourth-order valence-corrected chi connectivity index (χ4v) is 4.01. The Morgan fingerprint density at radius 2 is 2.21 bits per heavy atom. The van der Waals surface area contributed by atoms with E-state index in [0.29, 0.717) is 22.7 Å². The molecule has 28 heavy (non-hydrogen) atoms. The predicted octanol–water partition coefficient (Wildman–Crippen LogP) is 1.53. The van der Waals surface area contributed by atoms with Crippen LogP contribution in [0.4, 0.5) is 0 Å². The third kappa shape index (κ3) is 3.07. The van der Waals surface area contributed by atoms with Crippen molar-refractivity contribution in [3.63, 3.8) is 0 Å². The largest absolute Gasteiger partial charge is 0.619 e. The van der Waals surface area contributed by atoms with E-state index in [1.807, 2.05) is 20.8 Å². The maximum Gasteiger partial charge on any atom is 0.272 e. The van der Waals surface area contributed by atoms with Gasteiger partial charge in [0.15, 0.2) is 11.9 Å². The molecule has 8 heteroatoms. The van der Waals surface area contributed by atoms with Gasteiger partial charge in [-0.2, -0.15) is 9.83 Å². The summed E-state index contributed by atoms with van der Waals surface area (Å²) in [5.41, 5.74) is 4.40. The van der Waals surface area contributed by atoms with E-state index in [1.54, 1.807) is 4.68 Å². The van der Waals surface area contributed by atoms with Gasteiger partial charge in [-0.25, -0.2) is 9.67 Å². The van der Waals surface area contributed by atoms with Gasteiger partial charge in [-0.15, -0.1) is 0 Å². The third-order valence-electron chi connectivity index (χ3n) is 5.62. The number of hydrogen-bond acceptors (Lipinski definition) is 5. The number of carbonyl (C=O) groups excluding carboxylic acids is 1. The van der Waals surface area contributed by atoms with E-state index in [0.717, 1.165) is 30.5 Å². The minimum absolute atomic E-state index is 0.149. The smallest absolute Gasteiger partial charge is 0.272 e. The Kier molecular flexibility index (Phi) is 4.45. The zero-order valence-corrected chi connectivity index (χ0v) is 16.4. The monoisotopic (exact) mass is 383 g/mol. The summed E-state index contributed by atoms with van der Waals surface area (Å²) in [6, 6.07) is -0.388. The molecule has 0 aromatic carbocycles. The van der Waals surface area contributed by atoms with E-state index in [1.165, 1.54) is 29.7 Å². The Balaban J connectivity index is 1.77. The van der Waals surface area contributed by atoms with Crippen LogP contribution in [0, 0.1) is 10.6 Å². The summed E-state index contributed by atoms with van der Waals surface area (Å²) >= 11 is 0. The lowest BCUT2D eigenvalue weighted by Gasteiger charge is -2.29. The molecule has 0 radical (unpaired) electrons. The molecule has 2 aliphatic carbocycles. The lowest BCUT2D eigenvalue weighted by Crippen LogP contribution is -2.46. The van der Waals surface area contributed by atoms with Crippen LogP contribution in [0.2, 0.25) is 0 Å². The van der Waals surface area contributed by atoms with E-state index in [2.05, 4.69) is 15.4 Å². The molecular formula is C20H25N5O3. The van der Waals surface area contributed by atoms with E-state index < -0.39 is 0 Å². The Morgan fingerprint density at radius 3 is 2.89 bits per heavy atom. The molecule has 0 bridgehead atoms. The van der Waals surface area contributed by atoms with Gasteiger partial charge in [0.05, 0.1) is 24.5 Å². The van der Waals surface area contributed by atoms with Gasteiger partial charge in [0.1, 0.15) is 0 Å². The van der Waals surface area contributed by atoms with Crippen LogP contribution in [-0.2, 0) is 6.42 Å². The highest BCUT2D eigenvalue weighted by atomic mass is 16.5. The molecule has 0 saturated heterocycles. The van der Waals surface area contributed by atoms with Crippen molar-refractivity contribution in [2.75, 3.05) is 6.61 Å². The maximum atomic E-state index is 13.0. The highest BCUT2D eigenvalue weighted by Gasteiger charge is 2.36. The summed E-state index contributed by atoms with van der Waals surface area (Å²) in [5.74, 6) is 0.0825. The summed E-state index contributed by atoms with van der Waals surface area (Å²) in [5, 5.41) is 28.9. The highest BCUT2D eigenvalue weighted by Crippen LogP contribution is 2.44. The minimum Gasteiger partial charge on any atom is -0.619 e. The summed E-state index contributed by atoms with van der Waals surface area (Å²) in [6.45, 7) is 5.75. The first-order valence-electron chi connectivity index (χ1n) is 9.59. The molecule has 148 valence electrons. The van der Waals surface area contributed by atoms with Crippen molar-refractivity contribution in [3.05, 3.63) is 46.3 Å². The number of hydrogen-bond donors (Lipinski definition) is 2. The van der Waals surface area contributed by atoms with Gasteiger partial charge in [-0.05, 0) is 36.7 Å². The molecule has 8 nitrogen and oxygen atoms in total. The average Bonchev–Trinajstić information content (AvgIpc) is 3.29. The summed E-state index contributed by atoms with van der Waals surface area (Å²) < 4.78 is 2.30. The molecule has 1 amide bonds. The van der Waals surface area contributed by atoms with Gasteiger partial charge in [-0.3, -0.25) is 4.79 Å². The SMILES string of the molecule is CC(C)(C)[C@@H](CO)NC(=O)c1nn(-c2c[n+]([O-])ccn2)c2c1CC1=C2CCC1. The Bertz CT molecular complexity index is 971. The molecule has 2 aliphatic rings. The number of fused-ring (bicyclic) bond motifs is 2. The van der Waals surface area contributed by atoms with E-state index >= 15 is 0 Å². The second-order valence-electron chi connectivity index (χ2n) is 8.55. The number of aliphatic hydroxyl groups is 1. The molecule has 0 unspecified atom stereocenters. The van der Waals surface area contributed by atoms with Crippen LogP contribution in [-0.4, -0.2) is 38.4 Å². The summed E-state index contributed by atoms with van der Waals surface area (Å²) in [7, 11) is 0. The Morgan fingerprint density at radius 1 is 1.43 bits per heavy atom. The highest BCUT2D eigenvalue weighted by molar-refractivity contribution is 5.97. The number of amides is 1. The molecule has 2 heterocycles.